The normalized spacial score (nSPS) is 11.8. The van der Waals surface area contributed by atoms with Crippen LogP contribution in [0, 0.1) is 6.92 Å². The zero-order valence-electron chi connectivity index (χ0n) is 15.4. The van der Waals surface area contributed by atoms with E-state index in [1.807, 2.05) is 49.4 Å². The number of carbonyl (C=O) groups is 1. The fourth-order valence-electron chi connectivity index (χ4n) is 3.11. The topological polar surface area (TPSA) is 77.8 Å². The largest absolute Gasteiger partial charge is 0.478 e. The molecule has 0 radical (unpaired) electrons. The number of benzene rings is 3. The minimum absolute atomic E-state index is 0.320. The molecule has 5 nitrogen and oxygen atoms in total. The molecule has 3 aromatic carbocycles. The minimum atomic E-state index is -2.19. The van der Waals surface area contributed by atoms with E-state index in [1.165, 1.54) is 4.31 Å². The summed E-state index contributed by atoms with van der Waals surface area (Å²) in [6.45, 7) is 1.93. The molecule has 0 aliphatic heterocycles. The molecule has 1 atom stereocenters. The number of carboxylic acid groups (broad SMARTS) is 1. The van der Waals surface area contributed by atoms with Crippen LogP contribution in [0.5, 0.6) is 0 Å². The maximum atomic E-state index is 11.9. The van der Waals surface area contributed by atoms with Gasteiger partial charge in [0.1, 0.15) is 0 Å². The molecule has 0 aromatic heterocycles. The van der Waals surface area contributed by atoms with Crippen LogP contribution >= 0.6 is 0 Å². The van der Waals surface area contributed by atoms with Crippen molar-refractivity contribution in [2.45, 2.75) is 19.8 Å². The number of carboxylic acids is 1. The summed E-state index contributed by atoms with van der Waals surface area (Å²) in [5.74, 6) is -0.926. The number of aromatic carboxylic acids is 1. The van der Waals surface area contributed by atoms with Crippen molar-refractivity contribution in [2.24, 2.45) is 0 Å². The van der Waals surface area contributed by atoms with E-state index in [9.17, 15) is 18.7 Å². The second kappa shape index (κ2) is 8.82. The van der Waals surface area contributed by atoms with Crippen LogP contribution < -0.4 is 4.31 Å². The van der Waals surface area contributed by atoms with Gasteiger partial charge in [0.15, 0.2) is 0 Å². The Labute approximate surface area is 166 Å². The van der Waals surface area contributed by atoms with E-state index in [1.54, 1.807) is 30.3 Å². The van der Waals surface area contributed by atoms with Gasteiger partial charge in [-0.25, -0.2) is 13.3 Å². The number of rotatable bonds is 7. The van der Waals surface area contributed by atoms with Gasteiger partial charge >= 0.3 is 5.97 Å². The average Bonchev–Trinajstić information content (AvgIpc) is 2.67. The van der Waals surface area contributed by atoms with Crippen molar-refractivity contribution in [1.29, 1.82) is 0 Å². The highest BCUT2D eigenvalue weighted by Gasteiger charge is 2.15. The Hall–Kier alpha value is -2.96. The first kappa shape index (κ1) is 19.8. The molecule has 1 unspecified atom stereocenters. The van der Waals surface area contributed by atoms with Crippen LogP contribution in [0.1, 0.15) is 27.0 Å². The quantitative estimate of drug-likeness (QED) is 0.566. The molecule has 0 fully saturated rings. The lowest BCUT2D eigenvalue weighted by Gasteiger charge is -2.20. The number of nitrogens with zero attached hydrogens (tertiary/aromatic N) is 1. The van der Waals surface area contributed by atoms with E-state index < -0.39 is 17.2 Å². The zero-order valence-corrected chi connectivity index (χ0v) is 16.2. The van der Waals surface area contributed by atoms with E-state index in [-0.39, 0.29) is 0 Å². The summed E-state index contributed by atoms with van der Waals surface area (Å²) in [7, 11) is 0. The lowest BCUT2D eigenvalue weighted by Crippen LogP contribution is -2.19. The van der Waals surface area contributed by atoms with Crippen LogP contribution in [0.3, 0.4) is 0 Å². The van der Waals surface area contributed by atoms with Crippen molar-refractivity contribution < 1.29 is 18.7 Å². The average molecular weight is 395 g/mol. The summed E-state index contributed by atoms with van der Waals surface area (Å²) in [5, 5.41) is 9.28. The van der Waals surface area contributed by atoms with Crippen LogP contribution in [-0.2, 0) is 24.1 Å². The summed E-state index contributed by atoms with van der Waals surface area (Å²) in [6, 6.07) is 21.8. The molecule has 0 saturated carbocycles. The van der Waals surface area contributed by atoms with E-state index >= 15 is 0 Å². The first-order valence-electron chi connectivity index (χ1n) is 8.83. The fraction of sp³-hybridized carbons (Fsp3) is 0.136. The van der Waals surface area contributed by atoms with Crippen LogP contribution in [0.15, 0.2) is 72.8 Å². The van der Waals surface area contributed by atoms with Gasteiger partial charge in [0, 0.05) is 0 Å². The number of anilines is 2. The summed E-state index contributed by atoms with van der Waals surface area (Å²) < 4.78 is 23.0. The second-order valence-corrected chi connectivity index (χ2v) is 7.32. The smallest absolute Gasteiger partial charge is 0.335 e. The highest BCUT2D eigenvalue weighted by atomic mass is 32.2. The van der Waals surface area contributed by atoms with Crippen LogP contribution in [0.4, 0.5) is 11.4 Å². The van der Waals surface area contributed by atoms with Gasteiger partial charge < -0.3 is 5.11 Å². The van der Waals surface area contributed by atoms with Crippen molar-refractivity contribution in [1.82, 2.24) is 0 Å². The molecular weight excluding hydrogens is 374 g/mol. The fourth-order valence-corrected chi connectivity index (χ4v) is 3.70. The Balaban J connectivity index is 1.77. The Kier molecular flexibility index (Phi) is 6.23. The maximum Gasteiger partial charge on any atom is 0.335 e. The molecule has 0 heterocycles. The Morgan fingerprint density at radius 1 is 0.929 bits per heavy atom. The van der Waals surface area contributed by atoms with Gasteiger partial charge in [-0.05, 0) is 66.8 Å². The minimum Gasteiger partial charge on any atom is -0.478 e. The molecule has 3 aromatic rings. The van der Waals surface area contributed by atoms with Crippen LogP contribution in [0.2, 0.25) is 0 Å². The molecule has 0 aliphatic carbocycles. The van der Waals surface area contributed by atoms with E-state index in [4.69, 9.17) is 0 Å². The molecule has 2 N–H and O–H groups in total. The number of hydrogen-bond acceptors (Lipinski definition) is 2. The third kappa shape index (κ3) is 4.65. The molecule has 6 heteroatoms. The molecule has 144 valence electrons. The van der Waals surface area contributed by atoms with Crippen molar-refractivity contribution in [3.8, 4) is 0 Å². The van der Waals surface area contributed by atoms with Crippen molar-refractivity contribution in [2.75, 3.05) is 4.31 Å². The summed E-state index contributed by atoms with van der Waals surface area (Å²) in [4.78, 5) is 11.3. The van der Waals surface area contributed by atoms with Crippen molar-refractivity contribution >= 4 is 28.6 Å². The summed E-state index contributed by atoms with van der Waals surface area (Å²) >= 11 is -2.19. The SMILES string of the molecule is Cc1cccc(N(c2ccc(CCc3ccccc3C(=O)O)cc2)S(=O)O)c1. The van der Waals surface area contributed by atoms with E-state index in [0.717, 1.165) is 16.7 Å². The van der Waals surface area contributed by atoms with Crippen LogP contribution in [0.25, 0.3) is 0 Å². The van der Waals surface area contributed by atoms with Gasteiger partial charge in [0.2, 0.25) is 0 Å². The Morgan fingerprint density at radius 2 is 1.64 bits per heavy atom. The molecular formula is C22H21NO4S. The lowest BCUT2D eigenvalue weighted by molar-refractivity contribution is 0.0695. The summed E-state index contributed by atoms with van der Waals surface area (Å²) in [5.41, 5.74) is 4.39. The number of aryl methyl sites for hydroxylation is 3. The lowest BCUT2D eigenvalue weighted by atomic mass is 10.00. The van der Waals surface area contributed by atoms with Gasteiger partial charge in [0.05, 0.1) is 16.9 Å². The molecule has 0 spiro atoms. The van der Waals surface area contributed by atoms with Gasteiger partial charge in [-0.2, -0.15) is 0 Å². The predicted molar refractivity (Wildman–Crippen MR) is 111 cm³/mol. The van der Waals surface area contributed by atoms with Gasteiger partial charge in [0.25, 0.3) is 11.3 Å². The highest BCUT2D eigenvalue weighted by molar-refractivity contribution is 7.81. The molecule has 0 bridgehead atoms. The first-order chi connectivity index (χ1) is 13.5. The highest BCUT2D eigenvalue weighted by Crippen LogP contribution is 2.28. The maximum absolute atomic E-state index is 11.9. The third-order valence-corrected chi connectivity index (χ3v) is 5.23. The molecule has 0 amide bonds. The third-order valence-electron chi connectivity index (χ3n) is 4.49. The van der Waals surface area contributed by atoms with Crippen molar-refractivity contribution in [3.63, 3.8) is 0 Å². The van der Waals surface area contributed by atoms with Crippen molar-refractivity contribution in [3.05, 3.63) is 95.1 Å². The van der Waals surface area contributed by atoms with E-state index in [2.05, 4.69) is 0 Å². The van der Waals surface area contributed by atoms with Crippen LogP contribution in [-0.4, -0.2) is 19.8 Å². The molecule has 0 saturated heterocycles. The summed E-state index contributed by atoms with van der Waals surface area (Å²) in [6.07, 6.45) is 1.28. The molecule has 3 rings (SSSR count). The Morgan fingerprint density at radius 3 is 2.29 bits per heavy atom. The Bertz CT molecular complexity index is 1000. The van der Waals surface area contributed by atoms with E-state index in [0.29, 0.717) is 29.8 Å². The number of hydrogen-bond donors (Lipinski definition) is 2. The van der Waals surface area contributed by atoms with Gasteiger partial charge in [-0.3, -0.25) is 4.55 Å². The molecule has 0 aliphatic rings. The van der Waals surface area contributed by atoms with Gasteiger partial charge in [-0.1, -0.05) is 42.5 Å². The zero-order chi connectivity index (χ0) is 20.1. The predicted octanol–water partition coefficient (Wildman–Crippen LogP) is 4.75. The van der Waals surface area contributed by atoms with Gasteiger partial charge in [-0.15, -0.1) is 0 Å². The second-order valence-electron chi connectivity index (χ2n) is 6.49. The monoisotopic (exact) mass is 395 g/mol. The standard InChI is InChI=1S/C22H21NO4S/c1-16-5-4-7-20(15-16)23(28(26)27)19-13-10-17(11-14-19)9-12-18-6-2-3-8-21(18)22(24)25/h2-8,10-11,13-15H,9,12H2,1H3,(H,24,25)(H,26,27). The molecule has 28 heavy (non-hydrogen) atoms. The first-order valence-corrected chi connectivity index (χ1v) is 9.90.